The second kappa shape index (κ2) is 12.9. The predicted octanol–water partition coefficient (Wildman–Crippen LogP) is 4.97. The van der Waals surface area contributed by atoms with E-state index < -0.39 is 34.3 Å². The fourth-order valence-corrected chi connectivity index (χ4v) is 5.64. The van der Waals surface area contributed by atoms with E-state index in [1.807, 2.05) is 33.8 Å². The monoisotopic (exact) mass is 553 g/mol. The number of carbonyl (C=O) groups is 2. The fraction of sp³-hybridized carbons (Fsp3) is 0.333. The topological polar surface area (TPSA) is 86.8 Å². The van der Waals surface area contributed by atoms with Gasteiger partial charge < -0.3 is 10.2 Å². The number of rotatable bonds is 11. The molecule has 0 aliphatic rings. The smallest absolute Gasteiger partial charge is 0.264 e. The number of sulfonamides is 1. The van der Waals surface area contributed by atoms with Gasteiger partial charge in [0.05, 0.1) is 10.6 Å². The van der Waals surface area contributed by atoms with Crippen LogP contribution in [0.4, 0.5) is 10.1 Å². The summed E-state index contributed by atoms with van der Waals surface area (Å²) in [5.74, 6) is -1.32. The van der Waals surface area contributed by atoms with Crippen LogP contribution in [0.2, 0.25) is 0 Å². The summed E-state index contributed by atoms with van der Waals surface area (Å²) in [5, 5.41) is 2.85. The van der Waals surface area contributed by atoms with Crippen LogP contribution in [-0.4, -0.2) is 43.8 Å². The highest BCUT2D eigenvalue weighted by molar-refractivity contribution is 7.92. The molecule has 7 nitrogen and oxygen atoms in total. The highest BCUT2D eigenvalue weighted by Crippen LogP contribution is 2.26. The summed E-state index contributed by atoms with van der Waals surface area (Å²) in [5.41, 5.74) is 2.68. The third-order valence-corrected chi connectivity index (χ3v) is 8.05. The lowest BCUT2D eigenvalue weighted by Gasteiger charge is -2.33. The normalized spacial score (nSPS) is 12.2. The van der Waals surface area contributed by atoms with Gasteiger partial charge in [0.1, 0.15) is 18.4 Å². The van der Waals surface area contributed by atoms with Crippen molar-refractivity contribution in [3.63, 3.8) is 0 Å². The van der Waals surface area contributed by atoms with Crippen molar-refractivity contribution in [2.24, 2.45) is 0 Å². The minimum atomic E-state index is -4.13. The number of amides is 2. The van der Waals surface area contributed by atoms with E-state index in [1.165, 1.54) is 29.2 Å². The van der Waals surface area contributed by atoms with Crippen molar-refractivity contribution in [3.8, 4) is 0 Å². The van der Waals surface area contributed by atoms with E-state index >= 15 is 0 Å². The lowest BCUT2D eigenvalue weighted by molar-refractivity contribution is -0.140. The molecule has 0 aliphatic heterocycles. The molecule has 0 saturated carbocycles. The maximum Gasteiger partial charge on any atom is 0.264 e. The van der Waals surface area contributed by atoms with Crippen molar-refractivity contribution in [2.75, 3.05) is 10.8 Å². The van der Waals surface area contributed by atoms with Gasteiger partial charge in [0.2, 0.25) is 11.8 Å². The number of anilines is 1. The number of nitrogens with one attached hydrogen (secondary N) is 1. The first-order valence-electron chi connectivity index (χ1n) is 12.9. The number of halogens is 1. The molecular formula is C30H36FN3O4S. The molecule has 0 aromatic heterocycles. The number of hydrogen-bond acceptors (Lipinski definition) is 4. The first-order valence-corrected chi connectivity index (χ1v) is 14.4. The highest BCUT2D eigenvalue weighted by Gasteiger charge is 2.33. The predicted molar refractivity (Wildman–Crippen MR) is 151 cm³/mol. The minimum Gasteiger partial charge on any atom is -0.352 e. The highest BCUT2D eigenvalue weighted by atomic mass is 32.2. The summed E-state index contributed by atoms with van der Waals surface area (Å²) < 4.78 is 42.4. The lowest BCUT2D eigenvalue weighted by Crippen LogP contribution is -2.53. The van der Waals surface area contributed by atoms with Crippen LogP contribution in [0.3, 0.4) is 0 Å². The molecule has 3 rings (SSSR count). The van der Waals surface area contributed by atoms with Gasteiger partial charge in [-0.2, -0.15) is 0 Å². The average molecular weight is 554 g/mol. The van der Waals surface area contributed by atoms with Gasteiger partial charge in [0, 0.05) is 12.6 Å². The van der Waals surface area contributed by atoms with Gasteiger partial charge in [-0.1, -0.05) is 48.9 Å². The number of benzene rings is 3. The van der Waals surface area contributed by atoms with Gasteiger partial charge in [-0.25, -0.2) is 12.8 Å². The quantitative estimate of drug-likeness (QED) is 0.363. The Kier molecular flexibility index (Phi) is 9.86. The fourth-order valence-electron chi connectivity index (χ4n) is 4.24. The van der Waals surface area contributed by atoms with Crippen LogP contribution in [0.15, 0.2) is 77.7 Å². The van der Waals surface area contributed by atoms with Crippen molar-refractivity contribution in [2.45, 2.75) is 64.6 Å². The molecule has 0 spiro atoms. The summed E-state index contributed by atoms with van der Waals surface area (Å²) in [4.78, 5) is 28.5. The van der Waals surface area contributed by atoms with E-state index in [4.69, 9.17) is 0 Å². The Labute approximate surface area is 230 Å². The Morgan fingerprint density at radius 1 is 0.923 bits per heavy atom. The molecule has 0 saturated heterocycles. The van der Waals surface area contributed by atoms with E-state index in [1.54, 1.807) is 49.4 Å². The van der Waals surface area contributed by atoms with Crippen molar-refractivity contribution >= 4 is 27.5 Å². The molecular weight excluding hydrogens is 517 g/mol. The number of hydrogen-bond donors (Lipinski definition) is 1. The molecule has 1 N–H and O–H groups in total. The van der Waals surface area contributed by atoms with Crippen LogP contribution in [0.1, 0.15) is 43.9 Å². The first kappa shape index (κ1) is 29.8. The SMILES string of the molecule is CC[C@@H](C(=O)NC(C)C)N(Cc1ccc(F)cc1)C(=O)CN(c1cccc(C)c1)S(=O)(=O)c1ccc(C)cc1. The molecule has 39 heavy (non-hydrogen) atoms. The maximum absolute atomic E-state index is 14.0. The summed E-state index contributed by atoms with van der Waals surface area (Å²) in [6.45, 7) is 8.62. The molecule has 0 bridgehead atoms. The van der Waals surface area contributed by atoms with Gasteiger partial charge in [-0.3, -0.25) is 13.9 Å². The Morgan fingerprint density at radius 2 is 1.56 bits per heavy atom. The second-order valence-electron chi connectivity index (χ2n) is 9.90. The zero-order chi connectivity index (χ0) is 28.7. The van der Waals surface area contributed by atoms with Crippen LogP contribution in [0.25, 0.3) is 0 Å². The standard InChI is InChI=1S/C30H36FN3O4S/c1-6-28(30(36)32-21(2)3)33(19-24-12-14-25(31)15-13-24)29(35)20-34(26-9-7-8-23(5)18-26)39(37,38)27-16-10-22(4)11-17-27/h7-18,21,28H,6,19-20H2,1-5H3,(H,32,36)/t28-/m0/s1. The van der Waals surface area contributed by atoms with Crippen molar-refractivity contribution in [3.05, 3.63) is 95.3 Å². The zero-order valence-electron chi connectivity index (χ0n) is 23.0. The summed E-state index contributed by atoms with van der Waals surface area (Å²) in [7, 11) is -4.13. The van der Waals surface area contributed by atoms with Crippen LogP contribution in [-0.2, 0) is 26.2 Å². The molecule has 0 unspecified atom stereocenters. The third kappa shape index (κ3) is 7.66. The van der Waals surface area contributed by atoms with E-state index in [2.05, 4.69) is 5.32 Å². The van der Waals surface area contributed by atoms with E-state index in [0.717, 1.165) is 15.4 Å². The van der Waals surface area contributed by atoms with Crippen LogP contribution in [0.5, 0.6) is 0 Å². The molecule has 0 heterocycles. The Morgan fingerprint density at radius 3 is 2.13 bits per heavy atom. The van der Waals surface area contributed by atoms with Crippen molar-refractivity contribution < 1.29 is 22.4 Å². The summed E-state index contributed by atoms with van der Waals surface area (Å²) in [6, 6.07) is 18.0. The molecule has 1 atom stereocenters. The van der Waals surface area contributed by atoms with Crippen molar-refractivity contribution in [1.82, 2.24) is 10.2 Å². The average Bonchev–Trinajstić information content (AvgIpc) is 2.88. The molecule has 3 aromatic rings. The summed E-state index contributed by atoms with van der Waals surface area (Å²) in [6.07, 6.45) is 0.306. The van der Waals surface area contributed by atoms with Crippen molar-refractivity contribution in [1.29, 1.82) is 0 Å². The molecule has 9 heteroatoms. The van der Waals surface area contributed by atoms with Gasteiger partial charge in [-0.15, -0.1) is 0 Å². The number of carbonyl (C=O) groups excluding carboxylic acids is 2. The van der Waals surface area contributed by atoms with Crippen LogP contribution < -0.4 is 9.62 Å². The van der Waals surface area contributed by atoms with Crippen LogP contribution >= 0.6 is 0 Å². The minimum absolute atomic E-state index is 0.00930. The van der Waals surface area contributed by atoms with E-state index in [0.29, 0.717) is 17.7 Å². The van der Waals surface area contributed by atoms with Crippen LogP contribution in [0, 0.1) is 19.7 Å². The lowest BCUT2D eigenvalue weighted by atomic mass is 10.1. The largest absolute Gasteiger partial charge is 0.352 e. The Balaban J connectivity index is 2.06. The zero-order valence-corrected chi connectivity index (χ0v) is 23.8. The third-order valence-electron chi connectivity index (χ3n) is 6.26. The van der Waals surface area contributed by atoms with Gasteiger partial charge in [0.25, 0.3) is 10.0 Å². The van der Waals surface area contributed by atoms with E-state index in [-0.39, 0.29) is 23.4 Å². The maximum atomic E-state index is 14.0. The van der Waals surface area contributed by atoms with E-state index in [9.17, 15) is 22.4 Å². The molecule has 0 aliphatic carbocycles. The second-order valence-corrected chi connectivity index (χ2v) is 11.8. The van der Waals surface area contributed by atoms with Gasteiger partial charge in [0.15, 0.2) is 0 Å². The molecule has 3 aromatic carbocycles. The first-order chi connectivity index (χ1) is 18.4. The Bertz CT molecular complexity index is 1390. The molecule has 2 amide bonds. The summed E-state index contributed by atoms with van der Waals surface area (Å²) >= 11 is 0. The molecule has 0 radical (unpaired) electrons. The molecule has 208 valence electrons. The van der Waals surface area contributed by atoms with Gasteiger partial charge >= 0.3 is 0 Å². The van der Waals surface area contributed by atoms with Gasteiger partial charge in [-0.05, 0) is 81.6 Å². The molecule has 0 fully saturated rings. The number of nitrogens with zero attached hydrogens (tertiary/aromatic N) is 2. The Hall–Kier alpha value is -3.72. The number of aryl methyl sites for hydroxylation is 2.